The maximum atomic E-state index is 14.6. The number of aliphatic hydroxyl groups is 1. The van der Waals surface area contributed by atoms with Crippen LogP contribution in [0, 0.1) is 11.6 Å². The van der Waals surface area contributed by atoms with E-state index in [0.717, 1.165) is 5.56 Å². The molecule has 3 aromatic rings. The Labute approximate surface area is 213 Å². The molecule has 1 aliphatic rings. The third-order valence-electron chi connectivity index (χ3n) is 6.41. The van der Waals surface area contributed by atoms with Crippen molar-refractivity contribution in [2.45, 2.75) is 43.7 Å². The SMILES string of the molecule is COc1ccc(Cc2cc(C3CC(OCc4ccccc4)C[C@](C=O)(CO)O3)ccc2Cl)c(F)c1F. The third kappa shape index (κ3) is 5.76. The Morgan fingerprint density at radius 1 is 1.11 bits per heavy atom. The Kier molecular flexibility index (Phi) is 8.36. The minimum Gasteiger partial charge on any atom is -0.494 e. The Morgan fingerprint density at radius 2 is 1.89 bits per heavy atom. The Morgan fingerprint density at radius 3 is 2.58 bits per heavy atom. The highest BCUT2D eigenvalue weighted by Gasteiger charge is 2.42. The van der Waals surface area contributed by atoms with Crippen LogP contribution in [0.2, 0.25) is 5.02 Å². The molecule has 1 heterocycles. The number of methoxy groups -OCH3 is 1. The van der Waals surface area contributed by atoms with E-state index in [-0.39, 0.29) is 30.3 Å². The molecular formula is C28H27ClF2O5. The summed E-state index contributed by atoms with van der Waals surface area (Å²) in [6, 6.07) is 17.6. The van der Waals surface area contributed by atoms with E-state index in [4.69, 9.17) is 25.8 Å². The molecule has 3 aromatic carbocycles. The first-order chi connectivity index (χ1) is 17.4. The summed E-state index contributed by atoms with van der Waals surface area (Å²) in [5.41, 5.74) is 0.961. The van der Waals surface area contributed by atoms with Gasteiger partial charge in [0.25, 0.3) is 0 Å². The zero-order chi connectivity index (χ0) is 25.7. The van der Waals surface area contributed by atoms with Gasteiger partial charge in [0.05, 0.1) is 32.5 Å². The number of rotatable bonds is 9. The summed E-state index contributed by atoms with van der Waals surface area (Å²) >= 11 is 6.39. The molecule has 0 aromatic heterocycles. The number of aldehydes is 1. The smallest absolute Gasteiger partial charge is 0.200 e. The molecular weight excluding hydrogens is 490 g/mol. The first-order valence-electron chi connectivity index (χ1n) is 11.6. The van der Waals surface area contributed by atoms with E-state index in [1.54, 1.807) is 18.2 Å². The van der Waals surface area contributed by atoms with E-state index in [1.807, 2.05) is 30.3 Å². The van der Waals surface area contributed by atoms with Crippen molar-refractivity contribution in [3.05, 3.63) is 99.6 Å². The van der Waals surface area contributed by atoms with E-state index in [0.29, 0.717) is 35.5 Å². The second-order valence-electron chi connectivity index (χ2n) is 8.89. The monoisotopic (exact) mass is 516 g/mol. The Balaban J connectivity index is 1.58. The topological polar surface area (TPSA) is 65.0 Å². The van der Waals surface area contributed by atoms with Gasteiger partial charge < -0.3 is 24.1 Å². The van der Waals surface area contributed by atoms with Crippen LogP contribution in [0.4, 0.5) is 8.78 Å². The maximum Gasteiger partial charge on any atom is 0.200 e. The van der Waals surface area contributed by atoms with Crippen LogP contribution in [-0.4, -0.2) is 36.8 Å². The molecule has 190 valence electrons. The number of benzene rings is 3. The zero-order valence-corrected chi connectivity index (χ0v) is 20.5. The molecule has 5 nitrogen and oxygen atoms in total. The predicted octanol–water partition coefficient (Wildman–Crippen LogP) is 5.58. The molecule has 1 aliphatic heterocycles. The van der Waals surface area contributed by atoms with Crippen LogP contribution in [0.15, 0.2) is 60.7 Å². The van der Waals surface area contributed by atoms with Gasteiger partial charge in [0, 0.05) is 24.3 Å². The molecule has 0 radical (unpaired) electrons. The molecule has 0 aliphatic carbocycles. The van der Waals surface area contributed by atoms with Crippen LogP contribution < -0.4 is 4.74 Å². The van der Waals surface area contributed by atoms with Gasteiger partial charge in [-0.25, -0.2) is 4.39 Å². The normalized spacial score (nSPS) is 21.8. The Bertz CT molecular complexity index is 1210. The van der Waals surface area contributed by atoms with E-state index < -0.39 is 29.9 Å². The van der Waals surface area contributed by atoms with Gasteiger partial charge in [-0.05, 0) is 34.4 Å². The number of carbonyl (C=O) groups is 1. The van der Waals surface area contributed by atoms with Crippen LogP contribution in [0.5, 0.6) is 5.75 Å². The number of halogens is 3. The van der Waals surface area contributed by atoms with E-state index in [2.05, 4.69) is 0 Å². The average Bonchev–Trinajstić information content (AvgIpc) is 2.91. The fourth-order valence-corrected chi connectivity index (χ4v) is 4.61. The molecule has 2 unspecified atom stereocenters. The number of ether oxygens (including phenoxy) is 3. The summed E-state index contributed by atoms with van der Waals surface area (Å²) in [5, 5.41) is 10.4. The molecule has 0 saturated carbocycles. The van der Waals surface area contributed by atoms with Crippen LogP contribution in [0.1, 0.15) is 41.2 Å². The molecule has 0 amide bonds. The van der Waals surface area contributed by atoms with Crippen molar-refractivity contribution in [3.63, 3.8) is 0 Å². The highest BCUT2D eigenvalue weighted by atomic mass is 35.5. The van der Waals surface area contributed by atoms with E-state index >= 15 is 0 Å². The fourth-order valence-electron chi connectivity index (χ4n) is 4.42. The van der Waals surface area contributed by atoms with Crippen molar-refractivity contribution >= 4 is 17.9 Å². The number of carbonyl (C=O) groups excluding carboxylic acids is 1. The van der Waals surface area contributed by atoms with Crippen LogP contribution >= 0.6 is 11.6 Å². The highest BCUT2D eigenvalue weighted by molar-refractivity contribution is 6.31. The lowest BCUT2D eigenvalue weighted by Gasteiger charge is -2.40. The number of hydrogen-bond acceptors (Lipinski definition) is 5. The second-order valence-corrected chi connectivity index (χ2v) is 9.30. The van der Waals surface area contributed by atoms with Crippen LogP contribution in [-0.2, 0) is 27.3 Å². The minimum atomic E-state index is -1.41. The van der Waals surface area contributed by atoms with Crippen molar-refractivity contribution in [1.29, 1.82) is 0 Å². The number of hydrogen-bond donors (Lipinski definition) is 1. The summed E-state index contributed by atoms with van der Waals surface area (Å²) in [5.74, 6) is -2.24. The van der Waals surface area contributed by atoms with Gasteiger partial charge in [-0.1, -0.05) is 60.1 Å². The van der Waals surface area contributed by atoms with Gasteiger partial charge >= 0.3 is 0 Å². The van der Waals surface area contributed by atoms with Gasteiger partial charge in [0.1, 0.15) is 5.60 Å². The minimum absolute atomic E-state index is 0.0406. The molecule has 1 fully saturated rings. The van der Waals surface area contributed by atoms with Gasteiger partial charge in [-0.3, -0.25) is 0 Å². The first kappa shape index (κ1) is 26.2. The molecule has 0 bridgehead atoms. The van der Waals surface area contributed by atoms with Crippen molar-refractivity contribution in [2.75, 3.05) is 13.7 Å². The van der Waals surface area contributed by atoms with Gasteiger partial charge in [-0.15, -0.1) is 0 Å². The Hall–Kier alpha value is -2.84. The van der Waals surface area contributed by atoms with Crippen LogP contribution in [0.3, 0.4) is 0 Å². The van der Waals surface area contributed by atoms with E-state index in [1.165, 1.54) is 19.2 Å². The summed E-state index contributed by atoms with van der Waals surface area (Å²) in [7, 11) is 1.27. The molecule has 0 spiro atoms. The molecule has 8 heteroatoms. The van der Waals surface area contributed by atoms with Gasteiger partial charge in [0.15, 0.2) is 17.9 Å². The molecule has 36 heavy (non-hydrogen) atoms. The lowest BCUT2D eigenvalue weighted by Crippen LogP contribution is -2.48. The van der Waals surface area contributed by atoms with Gasteiger partial charge in [-0.2, -0.15) is 4.39 Å². The largest absolute Gasteiger partial charge is 0.494 e. The maximum absolute atomic E-state index is 14.6. The standard InChI is InChI=1S/C28H27ClF2O5/c1-34-24-10-8-20(26(30)27(24)31)12-21-11-19(7-9-23(21)29)25-13-22(14-28(16-32,17-33)36-25)35-15-18-5-3-2-4-6-18/h2-11,16,22,25,33H,12-15,17H2,1H3/t22?,25?,28-/m0/s1. The summed E-state index contributed by atoms with van der Waals surface area (Å²) < 4.78 is 45.8. The fraction of sp³-hybridized carbons (Fsp3) is 0.321. The third-order valence-corrected chi connectivity index (χ3v) is 6.78. The van der Waals surface area contributed by atoms with Crippen molar-refractivity contribution in [2.24, 2.45) is 0 Å². The quantitative estimate of drug-likeness (QED) is 0.376. The molecule has 4 rings (SSSR count). The van der Waals surface area contributed by atoms with Crippen LogP contribution in [0.25, 0.3) is 0 Å². The van der Waals surface area contributed by atoms with Crippen molar-refractivity contribution in [1.82, 2.24) is 0 Å². The number of aliphatic hydroxyl groups excluding tert-OH is 1. The second kappa shape index (κ2) is 11.5. The average molecular weight is 517 g/mol. The summed E-state index contributed by atoms with van der Waals surface area (Å²) in [6.45, 7) is -0.137. The first-order valence-corrected chi connectivity index (χ1v) is 12.0. The van der Waals surface area contributed by atoms with Crippen molar-refractivity contribution < 1.29 is 32.9 Å². The highest BCUT2D eigenvalue weighted by Crippen LogP contribution is 2.39. The van der Waals surface area contributed by atoms with Crippen molar-refractivity contribution in [3.8, 4) is 5.75 Å². The van der Waals surface area contributed by atoms with Gasteiger partial charge in [0.2, 0.25) is 5.82 Å². The lowest BCUT2D eigenvalue weighted by atomic mass is 9.88. The molecule has 1 N–H and O–H groups in total. The summed E-state index contributed by atoms with van der Waals surface area (Å²) in [6.07, 6.45) is 0.379. The molecule has 1 saturated heterocycles. The molecule has 3 atom stereocenters. The van der Waals surface area contributed by atoms with E-state index in [9.17, 15) is 18.7 Å². The lowest BCUT2D eigenvalue weighted by molar-refractivity contribution is -0.189. The summed E-state index contributed by atoms with van der Waals surface area (Å²) in [4.78, 5) is 11.9. The predicted molar refractivity (Wildman–Crippen MR) is 131 cm³/mol. The zero-order valence-electron chi connectivity index (χ0n) is 19.8.